The Morgan fingerprint density at radius 2 is 2.09 bits per heavy atom. The van der Waals surface area contributed by atoms with Crippen LogP contribution in [0.5, 0.6) is 0 Å². The summed E-state index contributed by atoms with van der Waals surface area (Å²) in [5.74, 6) is 0. The van der Waals surface area contributed by atoms with E-state index in [1.54, 1.807) is 12.1 Å². The molecule has 1 aromatic rings. The first-order chi connectivity index (χ1) is 10.2. The molecule has 0 unspecified atom stereocenters. The lowest BCUT2D eigenvalue weighted by molar-refractivity contribution is -0.384. The molecule has 0 saturated heterocycles. The number of aryl methyl sites for hydroxylation is 1. The highest BCUT2D eigenvalue weighted by Gasteiger charge is 2.15. The Labute approximate surface area is 130 Å². The molecule has 0 aliphatic rings. The maximum Gasteiger partial charge on any atom is 0.407 e. The molecular formula is C16H22N2O4. The maximum absolute atomic E-state index is 11.4. The zero-order chi connectivity index (χ0) is 16.8. The summed E-state index contributed by atoms with van der Waals surface area (Å²) in [7, 11) is 0. The van der Waals surface area contributed by atoms with Gasteiger partial charge in [-0.05, 0) is 51.3 Å². The van der Waals surface area contributed by atoms with Crippen molar-refractivity contribution < 1.29 is 14.5 Å². The molecule has 0 aliphatic heterocycles. The Balaban J connectivity index is 2.44. The van der Waals surface area contributed by atoms with Crippen molar-refractivity contribution >= 4 is 17.9 Å². The standard InChI is InChI=1S/C16H22N2O4/c1-12-11-14(18(20)21)9-8-13(12)7-5-6-10-17-15(19)22-16(2,3)4/h5,7-9,11H,6,10H2,1-4H3,(H,17,19). The third kappa shape index (κ3) is 6.39. The fraction of sp³-hybridized carbons (Fsp3) is 0.438. The Kier molecular flexibility index (Phi) is 6.10. The van der Waals surface area contributed by atoms with Gasteiger partial charge >= 0.3 is 6.09 Å². The second kappa shape index (κ2) is 7.59. The van der Waals surface area contributed by atoms with Crippen LogP contribution in [0.15, 0.2) is 24.3 Å². The number of nitro groups is 1. The maximum atomic E-state index is 11.4. The van der Waals surface area contributed by atoms with Crippen LogP contribution in [0.25, 0.3) is 6.08 Å². The lowest BCUT2D eigenvalue weighted by Crippen LogP contribution is -2.32. The molecule has 1 amide bonds. The summed E-state index contributed by atoms with van der Waals surface area (Å²) in [4.78, 5) is 21.7. The second-order valence-electron chi connectivity index (χ2n) is 5.92. The van der Waals surface area contributed by atoms with Gasteiger partial charge in [-0.1, -0.05) is 12.2 Å². The first-order valence-electron chi connectivity index (χ1n) is 7.07. The predicted octanol–water partition coefficient (Wildman–Crippen LogP) is 3.83. The smallest absolute Gasteiger partial charge is 0.407 e. The van der Waals surface area contributed by atoms with Crippen molar-refractivity contribution in [3.05, 3.63) is 45.5 Å². The van der Waals surface area contributed by atoms with E-state index in [1.807, 2.05) is 39.8 Å². The molecule has 120 valence electrons. The Morgan fingerprint density at radius 1 is 1.41 bits per heavy atom. The summed E-state index contributed by atoms with van der Waals surface area (Å²) in [6, 6.07) is 4.73. The number of alkyl carbamates (subject to hydrolysis) is 1. The highest BCUT2D eigenvalue weighted by Crippen LogP contribution is 2.18. The molecule has 6 nitrogen and oxygen atoms in total. The molecule has 0 saturated carbocycles. The lowest BCUT2D eigenvalue weighted by Gasteiger charge is -2.19. The van der Waals surface area contributed by atoms with E-state index in [0.29, 0.717) is 13.0 Å². The molecule has 0 fully saturated rings. The van der Waals surface area contributed by atoms with Gasteiger partial charge in [0.1, 0.15) is 5.60 Å². The number of carbonyl (C=O) groups excluding carboxylic acids is 1. The van der Waals surface area contributed by atoms with E-state index in [4.69, 9.17) is 4.74 Å². The van der Waals surface area contributed by atoms with Gasteiger partial charge in [-0.2, -0.15) is 0 Å². The fourth-order valence-corrected chi connectivity index (χ4v) is 1.74. The van der Waals surface area contributed by atoms with Crippen LogP contribution in [0.1, 0.15) is 38.3 Å². The quantitative estimate of drug-likeness (QED) is 0.509. The highest BCUT2D eigenvalue weighted by molar-refractivity contribution is 5.67. The van der Waals surface area contributed by atoms with Crippen molar-refractivity contribution in [1.82, 2.24) is 5.32 Å². The summed E-state index contributed by atoms with van der Waals surface area (Å²) < 4.78 is 5.12. The molecule has 22 heavy (non-hydrogen) atoms. The van der Waals surface area contributed by atoms with E-state index in [1.165, 1.54) is 6.07 Å². The molecule has 0 atom stereocenters. The van der Waals surface area contributed by atoms with Gasteiger partial charge in [-0.3, -0.25) is 10.1 Å². The van der Waals surface area contributed by atoms with Crippen molar-refractivity contribution in [2.45, 2.75) is 39.7 Å². The number of amides is 1. The van der Waals surface area contributed by atoms with Gasteiger partial charge in [0.05, 0.1) is 4.92 Å². The van der Waals surface area contributed by atoms with Gasteiger partial charge in [0.2, 0.25) is 0 Å². The van der Waals surface area contributed by atoms with Crippen molar-refractivity contribution in [2.75, 3.05) is 6.54 Å². The minimum atomic E-state index is -0.504. The van der Waals surface area contributed by atoms with E-state index < -0.39 is 16.6 Å². The summed E-state index contributed by atoms with van der Waals surface area (Å²) >= 11 is 0. The van der Waals surface area contributed by atoms with Gasteiger partial charge in [0, 0.05) is 18.7 Å². The molecule has 0 bridgehead atoms. The Hall–Kier alpha value is -2.37. The lowest BCUT2D eigenvalue weighted by atomic mass is 10.1. The van der Waals surface area contributed by atoms with E-state index in [-0.39, 0.29) is 5.69 Å². The second-order valence-corrected chi connectivity index (χ2v) is 5.92. The number of hydrogen-bond acceptors (Lipinski definition) is 4. The highest BCUT2D eigenvalue weighted by atomic mass is 16.6. The minimum Gasteiger partial charge on any atom is -0.444 e. The van der Waals surface area contributed by atoms with E-state index in [9.17, 15) is 14.9 Å². The molecule has 1 N–H and O–H groups in total. The zero-order valence-corrected chi connectivity index (χ0v) is 13.4. The monoisotopic (exact) mass is 306 g/mol. The van der Waals surface area contributed by atoms with Gasteiger partial charge in [0.25, 0.3) is 5.69 Å². The van der Waals surface area contributed by atoms with Crippen LogP contribution in [0.3, 0.4) is 0 Å². The number of nitrogens with one attached hydrogen (secondary N) is 1. The summed E-state index contributed by atoms with van der Waals surface area (Å²) in [5.41, 5.74) is 1.34. The number of ether oxygens (including phenoxy) is 1. The van der Waals surface area contributed by atoms with E-state index >= 15 is 0 Å². The van der Waals surface area contributed by atoms with Crippen molar-refractivity contribution in [3.63, 3.8) is 0 Å². The average molecular weight is 306 g/mol. The molecule has 0 spiro atoms. The van der Waals surface area contributed by atoms with Crippen LogP contribution in [0, 0.1) is 17.0 Å². The minimum absolute atomic E-state index is 0.0845. The van der Waals surface area contributed by atoms with Gasteiger partial charge < -0.3 is 10.1 Å². The van der Waals surface area contributed by atoms with Crippen LogP contribution in [0.2, 0.25) is 0 Å². The van der Waals surface area contributed by atoms with E-state index in [2.05, 4.69) is 5.32 Å². The number of benzene rings is 1. The van der Waals surface area contributed by atoms with E-state index in [0.717, 1.165) is 11.1 Å². The van der Waals surface area contributed by atoms with Crippen molar-refractivity contribution in [2.24, 2.45) is 0 Å². The largest absolute Gasteiger partial charge is 0.444 e. The number of nitrogens with zero attached hydrogens (tertiary/aromatic N) is 1. The number of non-ortho nitro benzene ring substituents is 1. The van der Waals surface area contributed by atoms with Gasteiger partial charge in [-0.15, -0.1) is 0 Å². The molecule has 1 rings (SSSR count). The third-order valence-corrected chi connectivity index (χ3v) is 2.74. The van der Waals surface area contributed by atoms with Gasteiger partial charge in [-0.25, -0.2) is 4.79 Å². The summed E-state index contributed by atoms with van der Waals surface area (Å²) in [5, 5.41) is 13.3. The first kappa shape index (κ1) is 17.7. The van der Waals surface area contributed by atoms with Crippen LogP contribution in [0.4, 0.5) is 10.5 Å². The Bertz CT molecular complexity index is 574. The number of rotatable bonds is 5. The Morgan fingerprint density at radius 3 is 2.64 bits per heavy atom. The van der Waals surface area contributed by atoms with Crippen LogP contribution in [-0.2, 0) is 4.74 Å². The molecule has 6 heteroatoms. The number of carbonyl (C=O) groups is 1. The topological polar surface area (TPSA) is 81.5 Å². The molecule has 0 aliphatic carbocycles. The summed E-state index contributed by atoms with van der Waals surface area (Å²) in [6.45, 7) is 7.72. The zero-order valence-electron chi connectivity index (χ0n) is 13.4. The predicted molar refractivity (Wildman–Crippen MR) is 85.7 cm³/mol. The normalized spacial score (nSPS) is 11.5. The first-order valence-corrected chi connectivity index (χ1v) is 7.07. The van der Waals surface area contributed by atoms with Crippen LogP contribution >= 0.6 is 0 Å². The molecule has 0 aromatic heterocycles. The molecular weight excluding hydrogens is 284 g/mol. The average Bonchev–Trinajstić information content (AvgIpc) is 2.37. The van der Waals surface area contributed by atoms with Crippen LogP contribution < -0.4 is 5.32 Å². The number of nitro benzene ring substituents is 1. The summed E-state index contributed by atoms with van der Waals surface area (Å²) in [6.07, 6.45) is 4.00. The van der Waals surface area contributed by atoms with Crippen molar-refractivity contribution in [1.29, 1.82) is 0 Å². The number of hydrogen-bond donors (Lipinski definition) is 1. The molecule has 0 heterocycles. The molecule has 1 aromatic carbocycles. The van der Waals surface area contributed by atoms with Crippen LogP contribution in [-0.4, -0.2) is 23.2 Å². The molecule has 0 radical (unpaired) electrons. The van der Waals surface area contributed by atoms with Gasteiger partial charge in [0.15, 0.2) is 0 Å². The van der Waals surface area contributed by atoms with Crippen molar-refractivity contribution in [3.8, 4) is 0 Å². The third-order valence-electron chi connectivity index (χ3n) is 2.74. The SMILES string of the molecule is Cc1cc([N+](=O)[O-])ccc1C=CCCNC(=O)OC(C)(C)C. The fourth-order valence-electron chi connectivity index (χ4n) is 1.74.